The standard InChI is InChI=1S/C8H6O7S.C8H6O4.2Na.2H/c9-7(10)4-2-1-3-5(8(11)12)6(4)16(13,14)15;9-7(10)5-1-2-6(4-3-5)8(11)12;;;;/h1-3H,(H,9,10)(H,11,12)(H,13,14,15);1-4H,(H,9,10)(H,11,12);;;;/q;;2*+1;2*-1. The van der Waals surface area contributed by atoms with Gasteiger partial charge < -0.3 is 23.3 Å². The van der Waals surface area contributed by atoms with Crippen LogP contribution in [0.2, 0.25) is 0 Å². The molecule has 0 fully saturated rings. The maximum absolute atomic E-state index is 10.9. The van der Waals surface area contributed by atoms with Gasteiger partial charge in [0.2, 0.25) is 0 Å². The smallest absolute Gasteiger partial charge is 1.00 e. The molecule has 0 radical (unpaired) electrons. The van der Waals surface area contributed by atoms with Crippen LogP contribution in [-0.2, 0) is 10.1 Å². The molecular formula is C16H14Na2O11S. The predicted octanol–water partition coefficient (Wildman–Crippen LogP) is -4.35. The molecule has 14 heteroatoms. The second kappa shape index (κ2) is 12.8. The Kier molecular flexibility index (Phi) is 13.0. The van der Waals surface area contributed by atoms with Gasteiger partial charge in [0.05, 0.1) is 22.3 Å². The third kappa shape index (κ3) is 8.53. The summed E-state index contributed by atoms with van der Waals surface area (Å²) in [7, 11) is -4.92. The number of benzene rings is 2. The second-order valence-electron chi connectivity index (χ2n) is 4.96. The monoisotopic (exact) mass is 460 g/mol. The molecule has 0 aliphatic rings. The van der Waals surface area contributed by atoms with Gasteiger partial charge in [-0.1, -0.05) is 6.07 Å². The first kappa shape index (κ1) is 30.4. The summed E-state index contributed by atoms with van der Waals surface area (Å²) in [6, 6.07) is 7.87. The Labute approximate surface area is 216 Å². The second-order valence-corrected chi connectivity index (χ2v) is 6.31. The van der Waals surface area contributed by atoms with Crippen molar-refractivity contribution in [2.45, 2.75) is 4.90 Å². The van der Waals surface area contributed by atoms with E-state index in [4.69, 9.17) is 25.0 Å². The molecule has 152 valence electrons. The van der Waals surface area contributed by atoms with Crippen molar-refractivity contribution in [3.63, 3.8) is 0 Å². The fraction of sp³-hybridized carbons (Fsp3) is 0. The number of carboxylic acids is 4. The molecule has 2 rings (SSSR count). The Bertz CT molecular complexity index is 993. The molecule has 0 aliphatic heterocycles. The van der Waals surface area contributed by atoms with E-state index in [9.17, 15) is 27.6 Å². The summed E-state index contributed by atoms with van der Waals surface area (Å²) in [6.07, 6.45) is 0. The fourth-order valence-electron chi connectivity index (χ4n) is 1.91. The normalized spacial score (nSPS) is 9.63. The van der Waals surface area contributed by atoms with E-state index in [1.54, 1.807) is 0 Å². The van der Waals surface area contributed by atoms with Crippen LogP contribution in [0.5, 0.6) is 0 Å². The van der Waals surface area contributed by atoms with Crippen molar-refractivity contribution >= 4 is 34.0 Å². The number of carboxylic acid groups (broad SMARTS) is 4. The fourth-order valence-corrected chi connectivity index (χ4v) is 2.77. The summed E-state index contributed by atoms with van der Waals surface area (Å²) < 4.78 is 30.6. The molecular weight excluding hydrogens is 446 g/mol. The van der Waals surface area contributed by atoms with Crippen molar-refractivity contribution in [3.8, 4) is 0 Å². The molecule has 0 amide bonds. The van der Waals surface area contributed by atoms with Crippen LogP contribution in [0.1, 0.15) is 44.3 Å². The Morgan fingerprint density at radius 3 is 1.13 bits per heavy atom. The molecule has 5 N–H and O–H groups in total. The van der Waals surface area contributed by atoms with Crippen molar-refractivity contribution in [2.75, 3.05) is 0 Å². The zero-order valence-electron chi connectivity index (χ0n) is 17.6. The first-order valence-corrected chi connectivity index (χ1v) is 8.44. The zero-order valence-corrected chi connectivity index (χ0v) is 20.5. The molecule has 0 spiro atoms. The Balaban J connectivity index is -0.000000224. The van der Waals surface area contributed by atoms with E-state index in [0.717, 1.165) is 18.2 Å². The minimum Gasteiger partial charge on any atom is -1.00 e. The van der Waals surface area contributed by atoms with E-state index >= 15 is 0 Å². The van der Waals surface area contributed by atoms with Crippen molar-refractivity contribution in [3.05, 3.63) is 64.7 Å². The van der Waals surface area contributed by atoms with E-state index in [2.05, 4.69) is 0 Å². The summed E-state index contributed by atoms with van der Waals surface area (Å²) in [4.78, 5) is 40.9. The molecule has 0 bridgehead atoms. The summed E-state index contributed by atoms with van der Waals surface area (Å²) in [6.45, 7) is 0. The maximum Gasteiger partial charge on any atom is 1.00 e. The van der Waals surface area contributed by atoms with E-state index < -0.39 is 50.0 Å². The molecule has 0 saturated carbocycles. The summed E-state index contributed by atoms with van der Waals surface area (Å²) in [5.41, 5.74) is -1.41. The zero-order chi connectivity index (χ0) is 21.6. The molecule has 2 aromatic rings. The van der Waals surface area contributed by atoms with Crippen molar-refractivity contribution in [2.24, 2.45) is 0 Å². The van der Waals surface area contributed by atoms with Gasteiger partial charge in [0.1, 0.15) is 4.90 Å². The summed E-state index contributed by atoms with van der Waals surface area (Å²) in [5.74, 6) is -5.41. The molecule has 0 unspecified atom stereocenters. The average Bonchev–Trinajstić information content (AvgIpc) is 2.60. The molecule has 0 aromatic heterocycles. The molecule has 11 nitrogen and oxygen atoms in total. The van der Waals surface area contributed by atoms with Gasteiger partial charge in [-0.2, -0.15) is 8.42 Å². The van der Waals surface area contributed by atoms with E-state index in [0.29, 0.717) is 0 Å². The van der Waals surface area contributed by atoms with Gasteiger partial charge in [-0.05, 0) is 36.4 Å². The third-order valence-corrected chi connectivity index (χ3v) is 4.07. The number of hydrogen-bond donors (Lipinski definition) is 5. The van der Waals surface area contributed by atoms with E-state index in [-0.39, 0.29) is 73.1 Å². The van der Waals surface area contributed by atoms with E-state index in [1.165, 1.54) is 24.3 Å². The summed E-state index contributed by atoms with van der Waals surface area (Å²) >= 11 is 0. The van der Waals surface area contributed by atoms with Gasteiger partial charge in [0.25, 0.3) is 10.1 Å². The van der Waals surface area contributed by atoms with Crippen molar-refractivity contribution < 1.29 is 115 Å². The topological polar surface area (TPSA) is 204 Å². The molecule has 0 atom stereocenters. The largest absolute Gasteiger partial charge is 1.00 e. The number of rotatable bonds is 5. The first-order chi connectivity index (χ1) is 12.9. The SMILES string of the molecule is O=C(O)c1ccc(C(=O)O)cc1.O=C(O)c1cccc(C(=O)O)c1S(=O)(=O)O.[H-].[H-].[Na+].[Na+]. The van der Waals surface area contributed by atoms with Crippen molar-refractivity contribution in [1.82, 2.24) is 0 Å². The molecule has 2 aromatic carbocycles. The number of carbonyl (C=O) groups is 4. The van der Waals surface area contributed by atoms with Crippen LogP contribution in [0, 0.1) is 0 Å². The Hall–Kier alpha value is -1.77. The first-order valence-electron chi connectivity index (χ1n) is 7.00. The summed E-state index contributed by atoms with van der Waals surface area (Å²) in [5, 5.41) is 34.3. The van der Waals surface area contributed by atoms with Crippen LogP contribution in [0.3, 0.4) is 0 Å². The Morgan fingerprint density at radius 2 is 0.933 bits per heavy atom. The van der Waals surface area contributed by atoms with Crippen LogP contribution in [0.25, 0.3) is 0 Å². The predicted molar refractivity (Wildman–Crippen MR) is 92.8 cm³/mol. The molecule has 0 heterocycles. The van der Waals surface area contributed by atoms with Crippen LogP contribution in [0.15, 0.2) is 47.4 Å². The minimum atomic E-state index is -4.92. The van der Waals surface area contributed by atoms with Gasteiger partial charge >= 0.3 is 83.0 Å². The third-order valence-electron chi connectivity index (χ3n) is 3.11. The van der Waals surface area contributed by atoms with Gasteiger partial charge in [-0.15, -0.1) is 0 Å². The van der Waals surface area contributed by atoms with Crippen LogP contribution in [0.4, 0.5) is 0 Å². The van der Waals surface area contributed by atoms with E-state index in [1.807, 2.05) is 0 Å². The minimum absolute atomic E-state index is 0. The van der Waals surface area contributed by atoms with Gasteiger partial charge in [0.15, 0.2) is 0 Å². The quantitative estimate of drug-likeness (QED) is 0.213. The average molecular weight is 460 g/mol. The Morgan fingerprint density at radius 1 is 0.633 bits per heavy atom. The van der Waals surface area contributed by atoms with Crippen LogP contribution in [-0.4, -0.2) is 57.3 Å². The molecule has 0 saturated heterocycles. The van der Waals surface area contributed by atoms with Gasteiger partial charge in [0, 0.05) is 0 Å². The van der Waals surface area contributed by atoms with Crippen LogP contribution >= 0.6 is 0 Å². The van der Waals surface area contributed by atoms with Crippen LogP contribution < -0.4 is 59.1 Å². The number of aromatic carboxylic acids is 4. The number of hydrogen-bond acceptors (Lipinski definition) is 6. The van der Waals surface area contributed by atoms with Crippen molar-refractivity contribution in [1.29, 1.82) is 0 Å². The molecule has 30 heavy (non-hydrogen) atoms. The van der Waals surface area contributed by atoms with Gasteiger partial charge in [-0.25, -0.2) is 19.2 Å². The van der Waals surface area contributed by atoms with Gasteiger partial charge in [-0.3, -0.25) is 4.55 Å². The molecule has 0 aliphatic carbocycles. The maximum atomic E-state index is 10.9.